The van der Waals surface area contributed by atoms with Crippen molar-refractivity contribution >= 4 is 0 Å². The summed E-state index contributed by atoms with van der Waals surface area (Å²) in [5.41, 5.74) is 3.56. The molecule has 0 saturated carbocycles. The smallest absolute Gasteiger partial charge is 0.0596 e. The average molecular weight is 204 g/mol. The van der Waals surface area contributed by atoms with Crippen molar-refractivity contribution in [1.82, 2.24) is 19.6 Å². The minimum Gasteiger partial charge on any atom is -0.276 e. The molecule has 0 radical (unpaired) electrons. The summed E-state index contributed by atoms with van der Waals surface area (Å²) in [6.07, 6.45) is 4.94. The van der Waals surface area contributed by atoms with Gasteiger partial charge in [0.1, 0.15) is 0 Å². The summed E-state index contributed by atoms with van der Waals surface area (Å²) in [6, 6.07) is 2.10. The van der Waals surface area contributed by atoms with Gasteiger partial charge in [-0.1, -0.05) is 0 Å². The molecule has 2 aromatic rings. The van der Waals surface area contributed by atoms with Gasteiger partial charge in [-0.3, -0.25) is 9.36 Å². The van der Waals surface area contributed by atoms with Crippen LogP contribution in [0.15, 0.2) is 18.5 Å². The van der Waals surface area contributed by atoms with Crippen molar-refractivity contribution in [2.24, 2.45) is 7.05 Å². The van der Waals surface area contributed by atoms with Gasteiger partial charge in [0, 0.05) is 25.5 Å². The van der Waals surface area contributed by atoms with Crippen LogP contribution in [-0.4, -0.2) is 19.6 Å². The van der Waals surface area contributed by atoms with Crippen LogP contribution in [0.4, 0.5) is 0 Å². The molecule has 0 unspecified atom stereocenters. The Bertz CT molecular complexity index is 453. The van der Waals surface area contributed by atoms with Gasteiger partial charge in [0.25, 0.3) is 0 Å². The number of nitrogens with zero attached hydrogens (tertiary/aromatic N) is 4. The third-order valence-corrected chi connectivity index (χ3v) is 2.47. The van der Waals surface area contributed by atoms with Gasteiger partial charge in [0.15, 0.2) is 0 Å². The van der Waals surface area contributed by atoms with Crippen molar-refractivity contribution < 1.29 is 0 Å². The van der Waals surface area contributed by atoms with Gasteiger partial charge >= 0.3 is 0 Å². The van der Waals surface area contributed by atoms with Crippen molar-refractivity contribution in [3.05, 3.63) is 35.4 Å². The Balaban J connectivity index is 2.01. The molecule has 2 aromatic heterocycles. The van der Waals surface area contributed by atoms with Crippen LogP contribution in [0.1, 0.15) is 17.0 Å². The molecule has 0 N–H and O–H groups in total. The molecule has 0 atom stereocenters. The molecule has 4 nitrogen and oxygen atoms in total. The van der Waals surface area contributed by atoms with E-state index < -0.39 is 0 Å². The molecule has 0 amide bonds. The van der Waals surface area contributed by atoms with Crippen molar-refractivity contribution in [3.8, 4) is 0 Å². The van der Waals surface area contributed by atoms with Gasteiger partial charge in [0.2, 0.25) is 0 Å². The molecule has 0 fully saturated rings. The van der Waals surface area contributed by atoms with Crippen LogP contribution in [0.3, 0.4) is 0 Å². The van der Waals surface area contributed by atoms with Gasteiger partial charge in [-0.25, -0.2) is 0 Å². The molecular formula is C11H16N4. The third-order valence-electron chi connectivity index (χ3n) is 2.47. The molecule has 2 rings (SSSR count). The van der Waals surface area contributed by atoms with E-state index in [2.05, 4.69) is 23.2 Å². The molecule has 0 spiro atoms. The van der Waals surface area contributed by atoms with E-state index >= 15 is 0 Å². The number of hydrogen-bond donors (Lipinski definition) is 0. The van der Waals surface area contributed by atoms with Crippen LogP contribution in [0.2, 0.25) is 0 Å². The SMILES string of the molecule is Cc1cc(C)n(CCc2cnn(C)c2)n1. The van der Waals surface area contributed by atoms with E-state index in [-0.39, 0.29) is 0 Å². The number of rotatable bonds is 3. The topological polar surface area (TPSA) is 35.6 Å². The summed E-state index contributed by atoms with van der Waals surface area (Å²) in [6.45, 7) is 5.03. The maximum atomic E-state index is 4.42. The van der Waals surface area contributed by atoms with Gasteiger partial charge in [-0.05, 0) is 31.9 Å². The second kappa shape index (κ2) is 3.88. The summed E-state index contributed by atoms with van der Waals surface area (Å²) in [4.78, 5) is 0. The molecule has 2 heterocycles. The van der Waals surface area contributed by atoms with E-state index in [1.54, 1.807) is 0 Å². The van der Waals surface area contributed by atoms with Gasteiger partial charge < -0.3 is 0 Å². The number of aromatic nitrogens is 4. The van der Waals surface area contributed by atoms with Crippen LogP contribution >= 0.6 is 0 Å². The van der Waals surface area contributed by atoms with Crippen molar-refractivity contribution in [3.63, 3.8) is 0 Å². The molecule has 0 aliphatic carbocycles. The highest BCUT2D eigenvalue weighted by Crippen LogP contribution is 2.04. The van der Waals surface area contributed by atoms with Crippen molar-refractivity contribution in [2.75, 3.05) is 0 Å². The fraction of sp³-hybridized carbons (Fsp3) is 0.455. The van der Waals surface area contributed by atoms with Crippen LogP contribution < -0.4 is 0 Å². The Morgan fingerprint density at radius 3 is 2.67 bits per heavy atom. The van der Waals surface area contributed by atoms with Crippen LogP contribution in [0.25, 0.3) is 0 Å². The van der Waals surface area contributed by atoms with E-state index in [1.165, 1.54) is 11.3 Å². The average Bonchev–Trinajstić information content (AvgIpc) is 2.70. The predicted octanol–water partition coefficient (Wildman–Crippen LogP) is 1.48. The molecule has 0 aliphatic rings. The Morgan fingerprint density at radius 2 is 2.13 bits per heavy atom. The summed E-state index contributed by atoms with van der Waals surface area (Å²) < 4.78 is 3.87. The minimum atomic E-state index is 0.922. The quantitative estimate of drug-likeness (QED) is 0.759. The number of aryl methyl sites for hydroxylation is 5. The second-order valence-electron chi connectivity index (χ2n) is 3.92. The predicted molar refractivity (Wildman–Crippen MR) is 58.6 cm³/mol. The second-order valence-corrected chi connectivity index (χ2v) is 3.92. The first kappa shape index (κ1) is 9.96. The zero-order valence-electron chi connectivity index (χ0n) is 9.44. The molecule has 0 aliphatic heterocycles. The lowest BCUT2D eigenvalue weighted by Gasteiger charge is -2.01. The Labute approximate surface area is 89.5 Å². The number of hydrogen-bond acceptors (Lipinski definition) is 2. The molecule has 4 heteroatoms. The highest BCUT2D eigenvalue weighted by Gasteiger charge is 2.02. The van der Waals surface area contributed by atoms with E-state index in [0.29, 0.717) is 0 Å². The summed E-state index contributed by atoms with van der Waals surface area (Å²) in [5.74, 6) is 0. The molecule has 80 valence electrons. The highest BCUT2D eigenvalue weighted by molar-refractivity contribution is 5.08. The minimum absolute atomic E-state index is 0.922. The van der Waals surface area contributed by atoms with E-state index in [0.717, 1.165) is 18.7 Å². The van der Waals surface area contributed by atoms with E-state index in [9.17, 15) is 0 Å². The Morgan fingerprint density at radius 1 is 1.33 bits per heavy atom. The molecule has 0 aromatic carbocycles. The molecular weight excluding hydrogens is 188 g/mol. The zero-order valence-corrected chi connectivity index (χ0v) is 9.44. The zero-order chi connectivity index (χ0) is 10.8. The monoisotopic (exact) mass is 204 g/mol. The van der Waals surface area contributed by atoms with E-state index in [4.69, 9.17) is 0 Å². The highest BCUT2D eigenvalue weighted by atomic mass is 15.3. The summed E-state index contributed by atoms with van der Waals surface area (Å²) >= 11 is 0. The standard InChI is InChI=1S/C11H16N4/c1-9-6-10(2)15(13-9)5-4-11-7-12-14(3)8-11/h6-8H,4-5H2,1-3H3. The van der Waals surface area contributed by atoms with Gasteiger partial charge in [-0.2, -0.15) is 10.2 Å². The van der Waals surface area contributed by atoms with Gasteiger partial charge in [0.05, 0.1) is 11.9 Å². The summed E-state index contributed by atoms with van der Waals surface area (Å²) in [7, 11) is 1.94. The third kappa shape index (κ3) is 2.26. The van der Waals surface area contributed by atoms with Crippen LogP contribution in [-0.2, 0) is 20.0 Å². The molecule has 15 heavy (non-hydrogen) atoms. The fourth-order valence-electron chi connectivity index (χ4n) is 1.74. The molecule has 0 saturated heterocycles. The maximum absolute atomic E-state index is 4.42. The summed E-state index contributed by atoms with van der Waals surface area (Å²) in [5, 5.41) is 8.57. The first-order chi connectivity index (χ1) is 7.15. The van der Waals surface area contributed by atoms with Crippen molar-refractivity contribution in [1.29, 1.82) is 0 Å². The molecule has 0 bridgehead atoms. The first-order valence-electron chi connectivity index (χ1n) is 5.14. The maximum Gasteiger partial charge on any atom is 0.0596 e. The normalized spacial score (nSPS) is 10.9. The van der Waals surface area contributed by atoms with E-state index in [1.807, 2.05) is 35.7 Å². The van der Waals surface area contributed by atoms with Gasteiger partial charge in [-0.15, -0.1) is 0 Å². The fourth-order valence-corrected chi connectivity index (χ4v) is 1.74. The van der Waals surface area contributed by atoms with Crippen molar-refractivity contribution in [2.45, 2.75) is 26.8 Å². The lowest BCUT2D eigenvalue weighted by Crippen LogP contribution is -2.04. The largest absolute Gasteiger partial charge is 0.276 e. The lowest BCUT2D eigenvalue weighted by atomic mass is 10.2. The van der Waals surface area contributed by atoms with Crippen LogP contribution in [0, 0.1) is 13.8 Å². The first-order valence-corrected chi connectivity index (χ1v) is 5.14. The Kier molecular flexibility index (Phi) is 2.58. The lowest BCUT2D eigenvalue weighted by molar-refractivity contribution is 0.594. The Hall–Kier alpha value is -1.58. The van der Waals surface area contributed by atoms with Crippen LogP contribution in [0.5, 0.6) is 0 Å².